The molecule has 3 aromatic carbocycles. The Kier molecular flexibility index (Phi) is 5.99. The van der Waals surface area contributed by atoms with Crippen molar-refractivity contribution in [3.8, 4) is 17.2 Å². The molecule has 3 rings (SSSR count). The Labute approximate surface area is 163 Å². The van der Waals surface area contributed by atoms with Crippen LogP contribution in [-0.4, -0.2) is 20.2 Å². The van der Waals surface area contributed by atoms with E-state index in [0.717, 1.165) is 11.1 Å². The van der Waals surface area contributed by atoms with E-state index in [0.29, 0.717) is 34.3 Å². The summed E-state index contributed by atoms with van der Waals surface area (Å²) in [5.74, 6) is 1.00. The zero-order chi connectivity index (χ0) is 19.2. The van der Waals surface area contributed by atoms with Crippen LogP contribution in [0.15, 0.2) is 66.7 Å². The van der Waals surface area contributed by atoms with Gasteiger partial charge in [0.2, 0.25) is 0 Å². The summed E-state index contributed by atoms with van der Waals surface area (Å²) in [7, 11) is 3.06. The number of hydrogen-bond donors (Lipinski definition) is 0. The minimum atomic E-state index is -0.496. The van der Waals surface area contributed by atoms with Gasteiger partial charge in [-0.25, -0.2) is 4.79 Å². The molecular formula is C22H19ClO4. The van der Waals surface area contributed by atoms with E-state index in [4.69, 9.17) is 25.8 Å². The first-order valence-electron chi connectivity index (χ1n) is 8.36. The van der Waals surface area contributed by atoms with E-state index in [1.807, 2.05) is 36.4 Å². The van der Waals surface area contributed by atoms with Crippen molar-refractivity contribution in [2.24, 2.45) is 0 Å². The molecule has 0 amide bonds. The van der Waals surface area contributed by atoms with E-state index >= 15 is 0 Å². The predicted octanol–water partition coefficient (Wildman–Crippen LogP) is 5.17. The fourth-order valence-electron chi connectivity index (χ4n) is 2.69. The monoisotopic (exact) mass is 382 g/mol. The number of methoxy groups -OCH3 is 2. The van der Waals surface area contributed by atoms with Crippen LogP contribution in [0.2, 0.25) is 5.02 Å². The number of carbonyl (C=O) groups excluding carboxylic acids is 1. The molecule has 0 bridgehead atoms. The van der Waals surface area contributed by atoms with E-state index in [1.54, 1.807) is 30.3 Å². The van der Waals surface area contributed by atoms with Crippen molar-refractivity contribution < 1.29 is 19.0 Å². The lowest BCUT2D eigenvalue weighted by molar-refractivity contribution is 0.0732. The van der Waals surface area contributed by atoms with Crippen LogP contribution in [0.25, 0.3) is 0 Å². The van der Waals surface area contributed by atoms with E-state index in [-0.39, 0.29) is 0 Å². The topological polar surface area (TPSA) is 44.8 Å². The van der Waals surface area contributed by atoms with Crippen molar-refractivity contribution in [2.75, 3.05) is 14.2 Å². The first-order chi connectivity index (χ1) is 13.1. The average Bonchev–Trinajstić information content (AvgIpc) is 2.70. The number of benzene rings is 3. The van der Waals surface area contributed by atoms with Gasteiger partial charge in [-0.3, -0.25) is 0 Å². The van der Waals surface area contributed by atoms with E-state index in [9.17, 15) is 4.79 Å². The average molecular weight is 383 g/mol. The number of esters is 1. The SMILES string of the molecule is COc1cc(OC)cc(C(=O)Oc2ccc(Cl)cc2Cc2ccccc2)c1. The highest BCUT2D eigenvalue weighted by atomic mass is 35.5. The fourth-order valence-corrected chi connectivity index (χ4v) is 2.88. The number of hydrogen-bond acceptors (Lipinski definition) is 4. The molecule has 0 saturated heterocycles. The fraction of sp³-hybridized carbons (Fsp3) is 0.136. The summed E-state index contributed by atoms with van der Waals surface area (Å²) in [6.07, 6.45) is 0.603. The lowest BCUT2D eigenvalue weighted by Crippen LogP contribution is -2.10. The molecule has 3 aromatic rings. The highest BCUT2D eigenvalue weighted by Crippen LogP contribution is 2.28. The van der Waals surface area contributed by atoms with Crippen molar-refractivity contribution >= 4 is 17.6 Å². The van der Waals surface area contributed by atoms with Gasteiger partial charge >= 0.3 is 5.97 Å². The molecule has 0 saturated carbocycles. The number of rotatable bonds is 6. The van der Waals surface area contributed by atoms with Gasteiger partial charge in [-0.05, 0) is 35.9 Å². The number of carbonyl (C=O) groups is 1. The van der Waals surface area contributed by atoms with Crippen LogP contribution in [0.5, 0.6) is 17.2 Å². The van der Waals surface area contributed by atoms with Crippen LogP contribution < -0.4 is 14.2 Å². The lowest BCUT2D eigenvalue weighted by Gasteiger charge is -2.12. The Hall–Kier alpha value is -2.98. The first-order valence-corrected chi connectivity index (χ1v) is 8.74. The largest absolute Gasteiger partial charge is 0.497 e. The van der Waals surface area contributed by atoms with Crippen LogP contribution in [0.3, 0.4) is 0 Å². The molecule has 0 aliphatic heterocycles. The summed E-state index contributed by atoms with van der Waals surface area (Å²) >= 11 is 6.14. The molecule has 0 aromatic heterocycles. The van der Waals surface area contributed by atoms with Crippen molar-refractivity contribution in [1.82, 2.24) is 0 Å². The van der Waals surface area contributed by atoms with Gasteiger partial charge in [0.1, 0.15) is 17.2 Å². The third-order valence-electron chi connectivity index (χ3n) is 4.05. The quantitative estimate of drug-likeness (QED) is 0.436. The van der Waals surface area contributed by atoms with Crippen molar-refractivity contribution in [1.29, 1.82) is 0 Å². The van der Waals surface area contributed by atoms with E-state index < -0.39 is 5.97 Å². The Morgan fingerprint density at radius 3 is 2.19 bits per heavy atom. The molecule has 27 heavy (non-hydrogen) atoms. The summed E-state index contributed by atoms with van der Waals surface area (Å²) in [5.41, 5.74) is 2.27. The van der Waals surface area contributed by atoms with Gasteiger partial charge in [0.25, 0.3) is 0 Å². The lowest BCUT2D eigenvalue weighted by atomic mass is 10.0. The second-order valence-corrected chi connectivity index (χ2v) is 6.34. The van der Waals surface area contributed by atoms with Crippen LogP contribution in [-0.2, 0) is 6.42 Å². The van der Waals surface area contributed by atoms with Crippen molar-refractivity contribution in [3.05, 3.63) is 88.4 Å². The third kappa shape index (κ3) is 4.80. The maximum Gasteiger partial charge on any atom is 0.343 e. The van der Waals surface area contributed by atoms with Crippen LogP contribution in [0.1, 0.15) is 21.5 Å². The molecule has 0 atom stereocenters. The standard InChI is InChI=1S/C22H19ClO4/c1-25-19-12-17(13-20(14-19)26-2)22(24)27-21-9-8-18(23)11-16(21)10-15-6-4-3-5-7-15/h3-9,11-14H,10H2,1-2H3. The molecule has 0 aliphatic rings. The Balaban J connectivity index is 1.88. The Morgan fingerprint density at radius 2 is 1.56 bits per heavy atom. The van der Waals surface area contributed by atoms with E-state index in [1.165, 1.54) is 14.2 Å². The maximum absolute atomic E-state index is 12.7. The van der Waals surface area contributed by atoms with Gasteiger partial charge < -0.3 is 14.2 Å². The molecule has 0 fully saturated rings. The summed E-state index contributed by atoms with van der Waals surface area (Å²) in [5, 5.41) is 0.587. The summed E-state index contributed by atoms with van der Waals surface area (Å²) in [6, 6.07) is 20.0. The highest BCUT2D eigenvalue weighted by Gasteiger charge is 2.15. The summed E-state index contributed by atoms with van der Waals surface area (Å²) < 4.78 is 16.1. The van der Waals surface area contributed by atoms with Gasteiger partial charge in [0.15, 0.2) is 0 Å². The summed E-state index contributed by atoms with van der Waals surface area (Å²) in [4.78, 5) is 12.7. The number of halogens is 1. The normalized spacial score (nSPS) is 10.3. The summed E-state index contributed by atoms with van der Waals surface area (Å²) in [6.45, 7) is 0. The maximum atomic E-state index is 12.7. The second kappa shape index (κ2) is 8.60. The predicted molar refractivity (Wildman–Crippen MR) is 105 cm³/mol. The van der Waals surface area contributed by atoms with Crippen LogP contribution in [0.4, 0.5) is 0 Å². The van der Waals surface area contributed by atoms with Crippen molar-refractivity contribution in [2.45, 2.75) is 6.42 Å². The highest BCUT2D eigenvalue weighted by molar-refractivity contribution is 6.30. The van der Waals surface area contributed by atoms with Gasteiger partial charge in [0, 0.05) is 23.1 Å². The molecular weight excluding hydrogens is 364 g/mol. The molecule has 4 nitrogen and oxygen atoms in total. The van der Waals surface area contributed by atoms with Crippen LogP contribution >= 0.6 is 11.6 Å². The second-order valence-electron chi connectivity index (χ2n) is 5.91. The smallest absolute Gasteiger partial charge is 0.343 e. The third-order valence-corrected chi connectivity index (χ3v) is 4.28. The Bertz CT molecular complexity index is 916. The van der Waals surface area contributed by atoms with Crippen molar-refractivity contribution in [3.63, 3.8) is 0 Å². The molecule has 0 aliphatic carbocycles. The Morgan fingerprint density at radius 1 is 0.889 bits per heavy atom. The molecule has 0 spiro atoms. The van der Waals surface area contributed by atoms with E-state index in [2.05, 4.69) is 0 Å². The molecule has 5 heteroatoms. The molecule has 0 radical (unpaired) electrons. The van der Waals surface area contributed by atoms with Gasteiger partial charge in [-0.1, -0.05) is 41.9 Å². The molecule has 0 N–H and O–H groups in total. The van der Waals surface area contributed by atoms with Gasteiger partial charge in [-0.2, -0.15) is 0 Å². The zero-order valence-electron chi connectivity index (χ0n) is 15.1. The minimum Gasteiger partial charge on any atom is -0.497 e. The minimum absolute atomic E-state index is 0.340. The molecule has 0 heterocycles. The van der Waals surface area contributed by atoms with Gasteiger partial charge in [0.05, 0.1) is 19.8 Å². The first kappa shape index (κ1) is 18.8. The van der Waals surface area contributed by atoms with Gasteiger partial charge in [-0.15, -0.1) is 0 Å². The molecule has 138 valence electrons. The number of ether oxygens (including phenoxy) is 3. The van der Waals surface area contributed by atoms with Crippen LogP contribution in [0, 0.1) is 0 Å². The molecule has 0 unspecified atom stereocenters. The zero-order valence-corrected chi connectivity index (χ0v) is 15.8.